The van der Waals surface area contributed by atoms with Gasteiger partial charge >= 0.3 is 0 Å². The molecule has 3 heteroatoms. The Balaban J connectivity index is 2.70. The molecule has 0 aliphatic heterocycles. The van der Waals surface area contributed by atoms with E-state index >= 15 is 0 Å². The number of rotatable bonds is 6. The summed E-state index contributed by atoms with van der Waals surface area (Å²) < 4.78 is 0. The Morgan fingerprint density at radius 1 is 1.00 bits per heavy atom. The number of likely N-dealkylation sites (N-methyl/N-ethyl adjacent to an activating group) is 1. The van der Waals surface area contributed by atoms with E-state index in [2.05, 4.69) is 57.8 Å². The zero-order valence-corrected chi connectivity index (χ0v) is 14.3. The molecule has 0 spiro atoms. The molecule has 0 radical (unpaired) electrons. The van der Waals surface area contributed by atoms with Crippen molar-refractivity contribution in [1.29, 1.82) is 5.26 Å². The summed E-state index contributed by atoms with van der Waals surface area (Å²) in [6, 6.07) is 2.61. The van der Waals surface area contributed by atoms with Crippen LogP contribution in [0.15, 0.2) is 0 Å². The molecule has 0 saturated heterocycles. The van der Waals surface area contributed by atoms with Crippen LogP contribution in [0.3, 0.4) is 0 Å². The molecule has 0 amide bonds. The summed E-state index contributed by atoms with van der Waals surface area (Å²) in [5.41, 5.74) is 0.123. The molecule has 1 fully saturated rings. The minimum absolute atomic E-state index is 0.236. The van der Waals surface area contributed by atoms with Gasteiger partial charge in [0.1, 0.15) is 5.54 Å². The molecule has 3 nitrogen and oxygen atoms in total. The third-order valence-corrected chi connectivity index (χ3v) is 4.52. The highest BCUT2D eigenvalue weighted by Gasteiger charge is 2.47. The van der Waals surface area contributed by atoms with Crippen LogP contribution in [0, 0.1) is 22.2 Å². The first-order valence-corrected chi connectivity index (χ1v) is 8.06. The van der Waals surface area contributed by atoms with Crippen molar-refractivity contribution < 1.29 is 0 Å². The van der Waals surface area contributed by atoms with Crippen LogP contribution in [0.4, 0.5) is 0 Å². The van der Waals surface area contributed by atoms with Crippen LogP contribution in [0.2, 0.25) is 0 Å². The Kier molecular flexibility index (Phi) is 5.63. The summed E-state index contributed by atoms with van der Waals surface area (Å²) >= 11 is 0. The Hall–Kier alpha value is -0.590. The van der Waals surface area contributed by atoms with Gasteiger partial charge in [-0.15, -0.1) is 0 Å². The van der Waals surface area contributed by atoms with E-state index in [0.29, 0.717) is 0 Å². The summed E-state index contributed by atoms with van der Waals surface area (Å²) in [5.74, 6) is 0. The lowest BCUT2D eigenvalue weighted by atomic mass is 9.59. The van der Waals surface area contributed by atoms with Gasteiger partial charge in [0.15, 0.2) is 0 Å². The smallest absolute Gasteiger partial charge is 0.107 e. The van der Waals surface area contributed by atoms with Crippen molar-refractivity contribution in [2.75, 3.05) is 26.2 Å². The summed E-state index contributed by atoms with van der Waals surface area (Å²) in [6.07, 6.45) is 3.11. The highest BCUT2D eigenvalue weighted by molar-refractivity contribution is 5.14. The van der Waals surface area contributed by atoms with Crippen molar-refractivity contribution in [3.63, 3.8) is 0 Å². The largest absolute Gasteiger partial charge is 0.303 e. The van der Waals surface area contributed by atoms with Crippen molar-refractivity contribution in [3.05, 3.63) is 0 Å². The van der Waals surface area contributed by atoms with E-state index < -0.39 is 0 Å². The van der Waals surface area contributed by atoms with Gasteiger partial charge in [-0.25, -0.2) is 0 Å². The van der Waals surface area contributed by atoms with Gasteiger partial charge in [-0.2, -0.15) is 5.26 Å². The monoisotopic (exact) mass is 279 g/mol. The summed E-state index contributed by atoms with van der Waals surface area (Å²) in [6.45, 7) is 17.7. The van der Waals surface area contributed by atoms with Crippen LogP contribution in [0.1, 0.15) is 60.8 Å². The average Bonchev–Trinajstić information content (AvgIpc) is 2.31. The molecule has 1 saturated carbocycles. The standard InChI is InChI=1S/C17H33N3/c1-7-20(8-2)10-9-19-17(14-18)12-15(3,4)11-16(5,6)13-17/h19H,7-13H2,1-6H3. The Morgan fingerprint density at radius 2 is 1.50 bits per heavy atom. The quantitative estimate of drug-likeness (QED) is 0.810. The number of hydrogen-bond donors (Lipinski definition) is 1. The maximum atomic E-state index is 9.76. The van der Waals surface area contributed by atoms with Crippen molar-refractivity contribution in [3.8, 4) is 6.07 Å². The van der Waals surface area contributed by atoms with E-state index in [9.17, 15) is 5.26 Å². The Morgan fingerprint density at radius 3 is 1.90 bits per heavy atom. The molecule has 0 unspecified atom stereocenters. The van der Waals surface area contributed by atoms with Gasteiger partial charge < -0.3 is 4.90 Å². The first-order chi connectivity index (χ1) is 9.17. The lowest BCUT2D eigenvalue weighted by molar-refractivity contribution is 0.0542. The summed E-state index contributed by atoms with van der Waals surface area (Å²) in [4.78, 5) is 2.40. The van der Waals surface area contributed by atoms with E-state index in [1.54, 1.807) is 0 Å². The Labute approximate surface area is 125 Å². The predicted octanol–water partition coefficient (Wildman–Crippen LogP) is 3.42. The molecule has 0 aromatic rings. The van der Waals surface area contributed by atoms with Crippen LogP contribution >= 0.6 is 0 Å². The van der Waals surface area contributed by atoms with E-state index in [-0.39, 0.29) is 16.4 Å². The summed E-state index contributed by atoms with van der Waals surface area (Å²) in [7, 11) is 0. The molecule has 0 heterocycles. The average molecular weight is 279 g/mol. The first kappa shape index (κ1) is 17.5. The second-order valence-corrected chi connectivity index (χ2v) is 8.01. The van der Waals surface area contributed by atoms with Gasteiger partial charge in [0.25, 0.3) is 0 Å². The summed E-state index contributed by atoms with van der Waals surface area (Å²) in [5, 5.41) is 13.4. The molecule has 0 atom stereocenters. The highest BCUT2D eigenvalue weighted by atomic mass is 15.1. The predicted molar refractivity (Wildman–Crippen MR) is 85.5 cm³/mol. The van der Waals surface area contributed by atoms with Crippen LogP contribution < -0.4 is 5.32 Å². The molecule has 0 aromatic carbocycles. The van der Waals surface area contributed by atoms with Gasteiger partial charge in [0.05, 0.1) is 6.07 Å². The zero-order chi connectivity index (χ0) is 15.4. The molecule has 0 bridgehead atoms. The van der Waals surface area contributed by atoms with Crippen LogP contribution in [-0.2, 0) is 0 Å². The highest BCUT2D eigenvalue weighted by Crippen LogP contribution is 2.49. The zero-order valence-electron chi connectivity index (χ0n) is 14.3. The number of nitriles is 1. The van der Waals surface area contributed by atoms with Gasteiger partial charge in [-0.3, -0.25) is 5.32 Å². The lowest BCUT2D eigenvalue weighted by Crippen LogP contribution is -2.55. The molecule has 0 aromatic heterocycles. The number of hydrogen-bond acceptors (Lipinski definition) is 3. The molecular weight excluding hydrogens is 246 g/mol. The van der Waals surface area contributed by atoms with E-state index in [1.165, 1.54) is 6.42 Å². The van der Waals surface area contributed by atoms with Crippen LogP contribution in [-0.4, -0.2) is 36.6 Å². The van der Waals surface area contributed by atoms with Crippen molar-refractivity contribution in [2.24, 2.45) is 10.8 Å². The van der Waals surface area contributed by atoms with Crippen molar-refractivity contribution in [1.82, 2.24) is 10.2 Å². The fraction of sp³-hybridized carbons (Fsp3) is 0.941. The molecule has 1 aliphatic carbocycles. The molecule has 20 heavy (non-hydrogen) atoms. The Bertz CT molecular complexity index is 332. The van der Waals surface area contributed by atoms with Crippen LogP contribution in [0.5, 0.6) is 0 Å². The first-order valence-electron chi connectivity index (χ1n) is 8.06. The third-order valence-electron chi connectivity index (χ3n) is 4.52. The van der Waals surface area contributed by atoms with E-state index in [4.69, 9.17) is 0 Å². The fourth-order valence-electron chi connectivity index (χ4n) is 4.35. The maximum Gasteiger partial charge on any atom is 0.107 e. The molecular formula is C17H33N3. The van der Waals surface area contributed by atoms with Crippen molar-refractivity contribution in [2.45, 2.75) is 66.3 Å². The molecule has 1 rings (SSSR count). The minimum atomic E-state index is -0.349. The minimum Gasteiger partial charge on any atom is -0.303 e. The molecule has 1 aliphatic rings. The van der Waals surface area contributed by atoms with Crippen LogP contribution in [0.25, 0.3) is 0 Å². The molecule has 1 N–H and O–H groups in total. The van der Waals surface area contributed by atoms with Gasteiger partial charge in [0, 0.05) is 13.1 Å². The SMILES string of the molecule is CCN(CC)CCNC1(C#N)CC(C)(C)CC(C)(C)C1. The second kappa shape index (κ2) is 6.45. The van der Waals surface area contributed by atoms with Gasteiger partial charge in [0.2, 0.25) is 0 Å². The van der Waals surface area contributed by atoms with Crippen molar-refractivity contribution >= 4 is 0 Å². The third kappa shape index (κ3) is 4.75. The number of nitrogens with one attached hydrogen (secondary N) is 1. The van der Waals surface area contributed by atoms with E-state index in [0.717, 1.165) is 39.0 Å². The lowest BCUT2D eigenvalue weighted by Gasteiger charge is -2.49. The fourth-order valence-corrected chi connectivity index (χ4v) is 4.35. The van der Waals surface area contributed by atoms with Gasteiger partial charge in [-0.05, 0) is 43.2 Å². The van der Waals surface area contributed by atoms with E-state index in [1.807, 2.05) is 0 Å². The second-order valence-electron chi connectivity index (χ2n) is 8.01. The normalized spacial score (nSPS) is 23.5. The maximum absolute atomic E-state index is 9.76. The van der Waals surface area contributed by atoms with Gasteiger partial charge in [-0.1, -0.05) is 41.5 Å². The topological polar surface area (TPSA) is 39.1 Å². The number of nitrogens with zero attached hydrogens (tertiary/aromatic N) is 2. The molecule has 116 valence electrons.